The summed E-state index contributed by atoms with van der Waals surface area (Å²) in [7, 11) is 0. The zero-order chi connectivity index (χ0) is 23.4. The lowest BCUT2D eigenvalue weighted by Gasteiger charge is -2.12. The number of hydrogen-bond acceptors (Lipinski definition) is 0. The number of fused-ring (bicyclic) bond motifs is 1. The minimum absolute atomic E-state index is 0.0940. The van der Waals surface area contributed by atoms with Gasteiger partial charge in [0.2, 0.25) is 0 Å². The maximum absolute atomic E-state index is 15.4. The first-order chi connectivity index (χ1) is 16.0. The Bertz CT molecular complexity index is 1230. The van der Waals surface area contributed by atoms with Crippen LogP contribution in [0.25, 0.3) is 33.0 Å². The van der Waals surface area contributed by atoms with Gasteiger partial charge in [-0.15, -0.1) is 0 Å². The predicted molar refractivity (Wildman–Crippen MR) is 132 cm³/mol. The molecule has 0 fully saturated rings. The molecule has 0 atom stereocenters. The molecule has 0 nitrogen and oxygen atoms in total. The molecule has 0 radical (unpaired) electrons. The molecule has 0 heterocycles. The van der Waals surface area contributed by atoms with Gasteiger partial charge in [0.25, 0.3) is 0 Å². The fraction of sp³-hybridized carbons (Fsp3) is 0.267. The predicted octanol–water partition coefficient (Wildman–Crippen LogP) is 9.41. The van der Waals surface area contributed by atoms with Crippen LogP contribution in [0.3, 0.4) is 0 Å². The lowest BCUT2D eigenvalue weighted by Crippen LogP contribution is -1.95. The van der Waals surface area contributed by atoms with E-state index in [4.69, 9.17) is 0 Å². The van der Waals surface area contributed by atoms with E-state index in [9.17, 15) is 8.78 Å². The van der Waals surface area contributed by atoms with Crippen LogP contribution in [0.5, 0.6) is 0 Å². The summed E-state index contributed by atoms with van der Waals surface area (Å²) in [6.45, 7) is 4.12. The zero-order valence-corrected chi connectivity index (χ0v) is 19.2. The Hall–Kier alpha value is -3.07. The summed E-state index contributed by atoms with van der Waals surface area (Å²) in [4.78, 5) is 0. The molecule has 0 amide bonds. The van der Waals surface area contributed by atoms with E-state index in [1.54, 1.807) is 24.3 Å². The molecule has 170 valence electrons. The number of aryl methyl sites for hydroxylation is 2. The molecular formula is C30H29F3. The van der Waals surface area contributed by atoms with E-state index < -0.39 is 17.5 Å². The highest BCUT2D eigenvalue weighted by molar-refractivity contribution is 5.89. The molecule has 0 spiro atoms. The molecule has 0 aliphatic heterocycles. The highest BCUT2D eigenvalue weighted by atomic mass is 19.1. The van der Waals surface area contributed by atoms with Gasteiger partial charge in [-0.3, -0.25) is 0 Å². The van der Waals surface area contributed by atoms with E-state index in [1.165, 1.54) is 43.4 Å². The third-order valence-corrected chi connectivity index (χ3v) is 6.28. The van der Waals surface area contributed by atoms with Crippen LogP contribution in [0.15, 0.2) is 66.7 Å². The third kappa shape index (κ3) is 5.13. The summed E-state index contributed by atoms with van der Waals surface area (Å²) < 4.78 is 45.2. The second kappa shape index (κ2) is 10.2. The van der Waals surface area contributed by atoms with E-state index in [-0.39, 0.29) is 16.7 Å². The topological polar surface area (TPSA) is 0 Å². The summed E-state index contributed by atoms with van der Waals surface area (Å²) in [5, 5.41) is 1.27. The van der Waals surface area contributed by atoms with Crippen LogP contribution in [0.4, 0.5) is 13.2 Å². The van der Waals surface area contributed by atoms with Gasteiger partial charge in [0.1, 0.15) is 17.5 Å². The zero-order valence-electron chi connectivity index (χ0n) is 19.2. The highest BCUT2D eigenvalue weighted by Gasteiger charge is 2.17. The standard InChI is InChI=1S/C30H29F3/c1-3-4-5-6-7-8-21-11-15-25-23(17-21)14-16-26(30(25)33)24-18-27(31)29(28(32)19-24)22-12-9-20(2)10-13-22/h9-19H,3-8H2,1-2H3. The van der Waals surface area contributed by atoms with Crippen LogP contribution in [0, 0.1) is 24.4 Å². The summed E-state index contributed by atoms with van der Waals surface area (Å²) in [6.07, 6.45) is 7.03. The fourth-order valence-electron chi connectivity index (χ4n) is 4.38. The molecule has 3 heteroatoms. The second-order valence-electron chi connectivity index (χ2n) is 8.83. The van der Waals surface area contributed by atoms with Crippen molar-refractivity contribution in [2.45, 2.75) is 52.4 Å². The largest absolute Gasteiger partial charge is 0.206 e. The van der Waals surface area contributed by atoms with Gasteiger partial charge in [-0.1, -0.05) is 92.8 Å². The molecule has 0 aliphatic rings. The quantitative estimate of drug-likeness (QED) is 0.236. The summed E-state index contributed by atoms with van der Waals surface area (Å²) in [5.41, 5.74) is 2.95. The van der Waals surface area contributed by atoms with Crippen molar-refractivity contribution in [3.8, 4) is 22.3 Å². The number of rotatable bonds is 8. The average molecular weight is 447 g/mol. The molecule has 4 aromatic rings. The van der Waals surface area contributed by atoms with Crippen LogP contribution in [-0.4, -0.2) is 0 Å². The maximum Gasteiger partial charge on any atom is 0.138 e. The Labute approximate surface area is 194 Å². The second-order valence-corrected chi connectivity index (χ2v) is 8.83. The molecule has 33 heavy (non-hydrogen) atoms. The van der Waals surface area contributed by atoms with E-state index in [2.05, 4.69) is 6.92 Å². The van der Waals surface area contributed by atoms with Crippen molar-refractivity contribution in [2.75, 3.05) is 0 Å². The minimum atomic E-state index is -0.702. The molecule has 4 rings (SSSR count). The normalized spacial score (nSPS) is 11.3. The van der Waals surface area contributed by atoms with Crippen molar-refractivity contribution in [3.63, 3.8) is 0 Å². The van der Waals surface area contributed by atoms with Gasteiger partial charge in [0.05, 0.1) is 5.56 Å². The van der Waals surface area contributed by atoms with Crippen molar-refractivity contribution < 1.29 is 13.2 Å². The third-order valence-electron chi connectivity index (χ3n) is 6.28. The van der Waals surface area contributed by atoms with E-state index >= 15 is 4.39 Å². The fourth-order valence-corrected chi connectivity index (χ4v) is 4.38. The number of unbranched alkanes of at least 4 members (excludes halogenated alkanes) is 4. The number of hydrogen-bond donors (Lipinski definition) is 0. The van der Waals surface area contributed by atoms with Gasteiger partial charge in [0, 0.05) is 10.9 Å². The maximum atomic E-state index is 15.4. The molecule has 0 aliphatic carbocycles. The van der Waals surface area contributed by atoms with Crippen LogP contribution in [0.2, 0.25) is 0 Å². The Morgan fingerprint density at radius 3 is 2.06 bits per heavy atom. The van der Waals surface area contributed by atoms with Crippen LogP contribution >= 0.6 is 0 Å². The first-order valence-electron chi connectivity index (χ1n) is 11.8. The molecule has 0 saturated heterocycles. The van der Waals surface area contributed by atoms with Crippen molar-refractivity contribution in [1.82, 2.24) is 0 Å². The Morgan fingerprint density at radius 2 is 1.36 bits per heavy atom. The minimum Gasteiger partial charge on any atom is -0.206 e. The highest BCUT2D eigenvalue weighted by Crippen LogP contribution is 2.34. The van der Waals surface area contributed by atoms with Crippen molar-refractivity contribution in [1.29, 1.82) is 0 Å². The van der Waals surface area contributed by atoms with Crippen molar-refractivity contribution in [3.05, 3.63) is 95.3 Å². The lowest BCUT2D eigenvalue weighted by molar-refractivity contribution is 0.590. The van der Waals surface area contributed by atoms with Crippen molar-refractivity contribution >= 4 is 10.8 Å². The van der Waals surface area contributed by atoms with Gasteiger partial charge in [-0.2, -0.15) is 0 Å². The van der Waals surface area contributed by atoms with E-state index in [0.29, 0.717) is 10.9 Å². The SMILES string of the molecule is CCCCCCCc1ccc2c(F)c(-c3cc(F)c(-c4ccc(C)cc4)c(F)c3)ccc2c1. The summed E-state index contributed by atoms with van der Waals surface area (Å²) in [5.74, 6) is -1.86. The van der Waals surface area contributed by atoms with Gasteiger partial charge in [-0.25, -0.2) is 13.2 Å². The Balaban J connectivity index is 1.62. The van der Waals surface area contributed by atoms with Crippen LogP contribution in [0.1, 0.15) is 50.2 Å². The molecule has 0 bridgehead atoms. The van der Waals surface area contributed by atoms with Crippen LogP contribution < -0.4 is 0 Å². The Morgan fingerprint density at radius 1 is 0.667 bits per heavy atom. The molecule has 0 aromatic heterocycles. The van der Waals surface area contributed by atoms with Crippen molar-refractivity contribution in [2.24, 2.45) is 0 Å². The molecule has 0 saturated carbocycles. The number of benzene rings is 4. The van der Waals surface area contributed by atoms with Gasteiger partial charge in [0.15, 0.2) is 0 Å². The van der Waals surface area contributed by atoms with E-state index in [1.807, 2.05) is 37.3 Å². The number of halogens is 3. The molecule has 0 unspecified atom stereocenters. The van der Waals surface area contributed by atoms with Gasteiger partial charge in [-0.05, 0) is 54.0 Å². The first-order valence-corrected chi connectivity index (χ1v) is 11.8. The van der Waals surface area contributed by atoms with Crippen LogP contribution in [-0.2, 0) is 6.42 Å². The first kappa shape index (κ1) is 23.1. The molecular weight excluding hydrogens is 417 g/mol. The van der Waals surface area contributed by atoms with Gasteiger partial charge < -0.3 is 0 Å². The monoisotopic (exact) mass is 446 g/mol. The molecule has 4 aromatic carbocycles. The summed E-state index contributed by atoms with van der Waals surface area (Å²) >= 11 is 0. The van der Waals surface area contributed by atoms with Gasteiger partial charge >= 0.3 is 0 Å². The summed E-state index contributed by atoms with van der Waals surface area (Å²) in [6, 6.07) is 18.6. The smallest absolute Gasteiger partial charge is 0.138 e. The molecule has 0 N–H and O–H groups in total. The van der Waals surface area contributed by atoms with E-state index in [0.717, 1.165) is 23.8 Å². The Kier molecular flexibility index (Phi) is 7.17. The average Bonchev–Trinajstić information content (AvgIpc) is 2.80. The lowest BCUT2D eigenvalue weighted by atomic mass is 9.95.